The van der Waals surface area contributed by atoms with E-state index in [2.05, 4.69) is 33.1 Å². The number of carboxylic acid groups (broad SMARTS) is 1. The number of aromatic nitrogens is 1. The number of nitrogens with zero attached hydrogens (tertiary/aromatic N) is 2. The van der Waals surface area contributed by atoms with Crippen LogP contribution in [0.25, 0.3) is 0 Å². The molecule has 190 valence electrons. The lowest BCUT2D eigenvalue weighted by Crippen LogP contribution is -2.47. The van der Waals surface area contributed by atoms with Crippen molar-refractivity contribution in [2.75, 3.05) is 38.7 Å². The molecule has 3 heterocycles. The Kier molecular flexibility index (Phi) is 8.22. The standard InChI is InChI=1S/C25H35N5O5/c1-34-22-20(26-13-14-28-22)25(10-11-25)24(33)30-19(23(31)32)9-16-35-15-3-2-6-18-8-7-17-5-4-12-27-21(17)29-18/h7-8,14,19,26H,2-6,9-13,15-16H2,1H3,(H,27,29)(H,30,33)(H,31,32). The molecule has 4 N–H and O–H groups in total. The van der Waals surface area contributed by atoms with Gasteiger partial charge in [0.25, 0.3) is 0 Å². The van der Waals surface area contributed by atoms with E-state index in [-0.39, 0.29) is 18.9 Å². The number of fused-ring (bicyclic) bond motifs is 1. The quantitative estimate of drug-likeness (QED) is 0.312. The van der Waals surface area contributed by atoms with Gasteiger partial charge in [0.1, 0.15) is 11.9 Å². The van der Waals surface area contributed by atoms with Crippen molar-refractivity contribution < 1.29 is 24.2 Å². The Bertz CT molecular complexity index is 988. The summed E-state index contributed by atoms with van der Waals surface area (Å²) in [4.78, 5) is 33.6. The second-order valence-electron chi connectivity index (χ2n) is 9.22. The van der Waals surface area contributed by atoms with Gasteiger partial charge in [0.15, 0.2) is 0 Å². The van der Waals surface area contributed by atoms with Crippen molar-refractivity contribution in [3.05, 3.63) is 35.0 Å². The lowest BCUT2D eigenvalue weighted by Gasteiger charge is -2.25. The summed E-state index contributed by atoms with van der Waals surface area (Å²) < 4.78 is 11.0. The Balaban J connectivity index is 1.17. The fourth-order valence-corrected chi connectivity index (χ4v) is 4.54. The van der Waals surface area contributed by atoms with Crippen molar-refractivity contribution in [2.45, 2.75) is 57.4 Å². The predicted molar refractivity (Wildman–Crippen MR) is 131 cm³/mol. The summed E-state index contributed by atoms with van der Waals surface area (Å²) in [5, 5.41) is 18.8. The summed E-state index contributed by atoms with van der Waals surface area (Å²) in [7, 11) is 1.51. The van der Waals surface area contributed by atoms with Crippen molar-refractivity contribution in [3.8, 4) is 0 Å². The molecule has 1 atom stereocenters. The number of pyridine rings is 1. The summed E-state index contributed by atoms with van der Waals surface area (Å²) in [6, 6.07) is 3.25. The molecular formula is C25H35N5O5. The maximum Gasteiger partial charge on any atom is 0.326 e. The molecule has 1 aromatic rings. The summed E-state index contributed by atoms with van der Waals surface area (Å²) in [6.07, 6.45) is 8.05. The molecule has 1 aromatic heterocycles. The Hall–Kier alpha value is -3.14. The van der Waals surface area contributed by atoms with Gasteiger partial charge in [0.2, 0.25) is 11.8 Å². The van der Waals surface area contributed by atoms with Crippen LogP contribution in [0.1, 0.15) is 49.8 Å². The van der Waals surface area contributed by atoms with Gasteiger partial charge >= 0.3 is 5.97 Å². The van der Waals surface area contributed by atoms with Crippen molar-refractivity contribution in [3.63, 3.8) is 0 Å². The SMILES string of the molecule is COC1=C(C2(C(=O)NC(CCOCCCCc3ccc4c(n3)NCCC4)C(=O)O)CC2)NCC=N1. The first-order valence-electron chi connectivity index (χ1n) is 12.4. The van der Waals surface area contributed by atoms with E-state index in [0.717, 1.165) is 50.2 Å². The number of aryl methyl sites for hydroxylation is 2. The first-order valence-corrected chi connectivity index (χ1v) is 12.4. The minimum atomic E-state index is -1.07. The minimum absolute atomic E-state index is 0.205. The van der Waals surface area contributed by atoms with Crippen molar-refractivity contribution in [2.24, 2.45) is 10.4 Å². The van der Waals surface area contributed by atoms with Crippen LogP contribution in [-0.2, 0) is 31.9 Å². The van der Waals surface area contributed by atoms with Crippen LogP contribution in [0.3, 0.4) is 0 Å². The first kappa shape index (κ1) is 25.0. The van der Waals surface area contributed by atoms with E-state index in [4.69, 9.17) is 14.5 Å². The van der Waals surface area contributed by atoms with E-state index in [9.17, 15) is 14.7 Å². The highest BCUT2D eigenvalue weighted by Crippen LogP contribution is 2.52. The fraction of sp³-hybridized carbons (Fsp3) is 0.600. The normalized spacial score (nSPS) is 18.7. The molecule has 4 rings (SSSR count). The zero-order chi connectivity index (χ0) is 24.7. The molecule has 10 nitrogen and oxygen atoms in total. The number of aliphatic imine (C=N–C) groups is 1. The molecule has 35 heavy (non-hydrogen) atoms. The van der Waals surface area contributed by atoms with Crippen LogP contribution in [0, 0.1) is 5.41 Å². The third kappa shape index (κ3) is 6.11. The van der Waals surface area contributed by atoms with Gasteiger partial charge in [-0.3, -0.25) is 4.79 Å². The molecular weight excluding hydrogens is 450 g/mol. The van der Waals surface area contributed by atoms with Crippen LogP contribution >= 0.6 is 0 Å². The summed E-state index contributed by atoms with van der Waals surface area (Å²) in [5.74, 6) is 0.00827. The molecule has 10 heteroatoms. The maximum atomic E-state index is 13.0. The number of rotatable bonds is 13. The fourth-order valence-electron chi connectivity index (χ4n) is 4.54. The third-order valence-corrected chi connectivity index (χ3v) is 6.73. The topological polar surface area (TPSA) is 134 Å². The Labute approximate surface area is 205 Å². The summed E-state index contributed by atoms with van der Waals surface area (Å²) in [5.41, 5.74) is 2.20. The zero-order valence-corrected chi connectivity index (χ0v) is 20.3. The molecule has 1 unspecified atom stereocenters. The van der Waals surface area contributed by atoms with Crippen LogP contribution in [0.4, 0.5) is 5.82 Å². The predicted octanol–water partition coefficient (Wildman–Crippen LogP) is 2.01. The molecule has 3 aliphatic rings. The van der Waals surface area contributed by atoms with Gasteiger partial charge in [-0.1, -0.05) is 6.07 Å². The number of hydrogen-bond donors (Lipinski definition) is 4. The number of anilines is 1. The molecule has 1 saturated carbocycles. The molecule has 0 saturated heterocycles. The average molecular weight is 486 g/mol. The first-order chi connectivity index (χ1) is 17.0. The van der Waals surface area contributed by atoms with Gasteiger partial charge in [0, 0.05) is 38.1 Å². The van der Waals surface area contributed by atoms with Gasteiger partial charge in [-0.05, 0) is 56.6 Å². The molecule has 1 aliphatic carbocycles. The monoisotopic (exact) mass is 485 g/mol. The number of nitrogens with one attached hydrogen (secondary N) is 3. The lowest BCUT2D eigenvalue weighted by atomic mass is 9.99. The Morgan fingerprint density at radius 1 is 1.23 bits per heavy atom. The van der Waals surface area contributed by atoms with Crippen LogP contribution in [0.15, 0.2) is 28.7 Å². The van der Waals surface area contributed by atoms with E-state index in [1.165, 1.54) is 12.7 Å². The number of carboxylic acids is 1. The number of methoxy groups -OCH3 is 1. The number of aliphatic carboxylic acids is 1. The van der Waals surface area contributed by atoms with Gasteiger partial charge < -0.3 is 30.5 Å². The van der Waals surface area contributed by atoms with E-state index >= 15 is 0 Å². The number of hydrogen-bond acceptors (Lipinski definition) is 8. The highest BCUT2D eigenvalue weighted by molar-refractivity contribution is 5.92. The smallest absolute Gasteiger partial charge is 0.326 e. The zero-order valence-electron chi connectivity index (χ0n) is 20.3. The average Bonchev–Trinajstić information content (AvgIpc) is 3.69. The van der Waals surface area contributed by atoms with Crippen LogP contribution in [-0.4, -0.2) is 67.6 Å². The second-order valence-corrected chi connectivity index (χ2v) is 9.22. The number of ether oxygens (including phenoxy) is 2. The van der Waals surface area contributed by atoms with E-state index in [0.29, 0.717) is 37.6 Å². The minimum Gasteiger partial charge on any atom is -0.480 e. The van der Waals surface area contributed by atoms with Crippen LogP contribution in [0.2, 0.25) is 0 Å². The summed E-state index contributed by atoms with van der Waals surface area (Å²) >= 11 is 0. The van der Waals surface area contributed by atoms with Gasteiger partial charge in [-0.2, -0.15) is 0 Å². The Morgan fingerprint density at radius 2 is 2.09 bits per heavy atom. The van der Waals surface area contributed by atoms with E-state index < -0.39 is 17.4 Å². The molecule has 0 bridgehead atoms. The van der Waals surface area contributed by atoms with E-state index in [1.54, 1.807) is 6.21 Å². The second kappa shape index (κ2) is 11.5. The van der Waals surface area contributed by atoms with Gasteiger partial charge in [-0.25, -0.2) is 14.8 Å². The van der Waals surface area contributed by atoms with Crippen molar-refractivity contribution in [1.82, 2.24) is 15.6 Å². The molecule has 1 amide bonds. The molecule has 0 spiro atoms. The highest BCUT2D eigenvalue weighted by Gasteiger charge is 2.55. The van der Waals surface area contributed by atoms with Crippen LogP contribution < -0.4 is 16.0 Å². The summed E-state index contributed by atoms with van der Waals surface area (Å²) in [6.45, 7) is 2.29. The van der Waals surface area contributed by atoms with Crippen molar-refractivity contribution >= 4 is 23.9 Å². The third-order valence-electron chi connectivity index (χ3n) is 6.73. The molecule has 1 fully saturated rings. The molecule has 0 aromatic carbocycles. The largest absolute Gasteiger partial charge is 0.480 e. The van der Waals surface area contributed by atoms with Crippen molar-refractivity contribution in [1.29, 1.82) is 0 Å². The number of carbonyl (C=O) groups is 2. The van der Waals surface area contributed by atoms with Crippen LogP contribution in [0.5, 0.6) is 0 Å². The van der Waals surface area contributed by atoms with E-state index in [1.807, 2.05) is 0 Å². The highest BCUT2D eigenvalue weighted by atomic mass is 16.5. The van der Waals surface area contributed by atoms with Gasteiger partial charge in [-0.15, -0.1) is 0 Å². The molecule has 0 radical (unpaired) electrons. The lowest BCUT2D eigenvalue weighted by molar-refractivity contribution is -0.143. The number of amides is 1. The maximum absolute atomic E-state index is 13.0. The number of unbranched alkanes of at least 4 members (excludes halogenated alkanes) is 1. The molecule has 2 aliphatic heterocycles. The Morgan fingerprint density at radius 3 is 2.86 bits per heavy atom. The van der Waals surface area contributed by atoms with Gasteiger partial charge in [0.05, 0.1) is 24.8 Å². The number of carbonyl (C=O) groups excluding carboxylic acids is 1.